The van der Waals surface area contributed by atoms with Crippen LogP contribution in [-0.2, 0) is 4.79 Å². The van der Waals surface area contributed by atoms with Gasteiger partial charge in [-0.2, -0.15) is 0 Å². The smallest absolute Gasteiger partial charge is 0.246 e. The molecule has 0 aliphatic carbocycles. The second-order valence-electron chi connectivity index (χ2n) is 4.96. The van der Waals surface area contributed by atoms with E-state index in [0.717, 1.165) is 37.8 Å². The van der Waals surface area contributed by atoms with Crippen molar-refractivity contribution in [1.29, 1.82) is 0 Å². The van der Waals surface area contributed by atoms with Gasteiger partial charge in [-0.05, 0) is 18.6 Å². The van der Waals surface area contributed by atoms with Crippen LogP contribution < -0.4 is 16.4 Å². The number of unbranched alkanes of at least 4 members (excludes halogenated alkanes) is 3. The summed E-state index contributed by atoms with van der Waals surface area (Å²) in [5, 5.41) is 4.96. The summed E-state index contributed by atoms with van der Waals surface area (Å²) >= 11 is 0. The fourth-order valence-electron chi connectivity index (χ4n) is 1.79. The van der Waals surface area contributed by atoms with Gasteiger partial charge >= 0.3 is 0 Å². The number of guanidine groups is 1. The van der Waals surface area contributed by atoms with Gasteiger partial charge in [0, 0.05) is 6.54 Å². The Bertz CT molecular complexity index is 570. The molecule has 0 unspecified atom stereocenters. The molecule has 1 aromatic rings. The Morgan fingerprint density at radius 3 is 2.54 bits per heavy atom. The lowest BCUT2D eigenvalue weighted by molar-refractivity contribution is -0.114. The summed E-state index contributed by atoms with van der Waals surface area (Å²) < 4.78 is 39.2. The van der Waals surface area contributed by atoms with Crippen LogP contribution in [0.2, 0.25) is 0 Å². The molecule has 0 aliphatic rings. The monoisotopic (exact) mass is 458 g/mol. The van der Waals surface area contributed by atoms with Gasteiger partial charge in [-0.1, -0.05) is 26.2 Å². The lowest BCUT2D eigenvalue weighted by Crippen LogP contribution is -2.33. The number of nitrogens with two attached hydrogens (primary N) is 1. The zero-order valence-electron chi connectivity index (χ0n) is 13.4. The summed E-state index contributed by atoms with van der Waals surface area (Å²) in [6.07, 6.45) is 4.29. The first kappa shape index (κ1) is 22.5. The number of hydrogen-bond acceptors (Lipinski definition) is 2. The number of anilines is 1. The van der Waals surface area contributed by atoms with E-state index < -0.39 is 29.0 Å². The zero-order chi connectivity index (χ0) is 17.2. The SMILES string of the molecule is CCCCCCNC(N)=NCC(=O)Nc1ccc(F)c(F)c1F.I. The van der Waals surface area contributed by atoms with E-state index in [4.69, 9.17) is 5.73 Å². The van der Waals surface area contributed by atoms with Crippen molar-refractivity contribution in [2.75, 3.05) is 18.4 Å². The third kappa shape index (κ3) is 7.84. The maximum atomic E-state index is 13.4. The second-order valence-corrected chi connectivity index (χ2v) is 4.96. The Morgan fingerprint density at radius 1 is 1.17 bits per heavy atom. The average Bonchev–Trinajstić information content (AvgIpc) is 2.53. The zero-order valence-corrected chi connectivity index (χ0v) is 15.7. The number of aliphatic imine (C=N–C) groups is 1. The van der Waals surface area contributed by atoms with Gasteiger partial charge in [0.15, 0.2) is 23.4 Å². The highest BCUT2D eigenvalue weighted by molar-refractivity contribution is 14.0. The molecule has 0 aromatic heterocycles. The van der Waals surface area contributed by atoms with E-state index in [0.29, 0.717) is 6.54 Å². The van der Waals surface area contributed by atoms with Gasteiger partial charge in [-0.15, -0.1) is 24.0 Å². The van der Waals surface area contributed by atoms with Crippen molar-refractivity contribution < 1.29 is 18.0 Å². The predicted molar refractivity (Wildman–Crippen MR) is 99.0 cm³/mol. The number of rotatable bonds is 8. The van der Waals surface area contributed by atoms with Crippen LogP contribution in [0, 0.1) is 17.5 Å². The standard InChI is InChI=1S/C15H21F3N4O.HI/c1-2-3-4-5-8-20-15(19)21-9-12(23)22-11-7-6-10(16)13(17)14(11)18;/h6-7H,2-5,8-9H2,1H3,(H,22,23)(H3,19,20,21);1H. The molecular formula is C15H22F3IN4O. The molecule has 0 aliphatic heterocycles. The van der Waals surface area contributed by atoms with Crippen LogP contribution in [0.4, 0.5) is 18.9 Å². The molecule has 0 saturated carbocycles. The Balaban J connectivity index is 0.00000529. The maximum Gasteiger partial charge on any atom is 0.246 e. The van der Waals surface area contributed by atoms with Crippen molar-refractivity contribution in [2.24, 2.45) is 10.7 Å². The van der Waals surface area contributed by atoms with E-state index in [1.54, 1.807) is 0 Å². The summed E-state index contributed by atoms with van der Waals surface area (Å²) in [7, 11) is 0. The molecule has 136 valence electrons. The Hall–Kier alpha value is -1.52. The molecule has 0 atom stereocenters. The fourth-order valence-corrected chi connectivity index (χ4v) is 1.79. The number of nitrogens with one attached hydrogen (secondary N) is 2. The Labute approximate surface area is 156 Å². The minimum atomic E-state index is -1.64. The first-order valence-corrected chi connectivity index (χ1v) is 7.42. The van der Waals surface area contributed by atoms with E-state index in [-0.39, 0.29) is 36.5 Å². The number of benzene rings is 1. The second kappa shape index (κ2) is 11.9. The molecule has 5 nitrogen and oxygen atoms in total. The molecule has 0 saturated heterocycles. The van der Waals surface area contributed by atoms with Gasteiger partial charge in [-0.25, -0.2) is 18.2 Å². The molecule has 0 radical (unpaired) electrons. The first-order valence-electron chi connectivity index (χ1n) is 7.42. The fraction of sp³-hybridized carbons (Fsp3) is 0.467. The summed E-state index contributed by atoms with van der Waals surface area (Å²) in [6, 6.07) is 1.66. The molecular weight excluding hydrogens is 436 g/mol. The van der Waals surface area contributed by atoms with Gasteiger partial charge < -0.3 is 16.4 Å². The Kier molecular flexibility index (Phi) is 11.2. The molecule has 1 aromatic carbocycles. The van der Waals surface area contributed by atoms with Crippen molar-refractivity contribution >= 4 is 41.5 Å². The number of carbonyl (C=O) groups excluding carboxylic acids is 1. The topological polar surface area (TPSA) is 79.5 Å². The van der Waals surface area contributed by atoms with Crippen molar-refractivity contribution in [2.45, 2.75) is 32.6 Å². The molecule has 9 heteroatoms. The highest BCUT2D eigenvalue weighted by Gasteiger charge is 2.14. The van der Waals surface area contributed by atoms with E-state index in [1.807, 2.05) is 0 Å². The molecule has 1 rings (SSSR count). The number of hydrogen-bond donors (Lipinski definition) is 3. The van der Waals surface area contributed by atoms with Gasteiger partial charge in [0.05, 0.1) is 5.69 Å². The molecule has 0 fully saturated rings. The number of carbonyl (C=O) groups is 1. The summed E-state index contributed by atoms with van der Waals surface area (Å²) in [4.78, 5) is 15.4. The number of amides is 1. The van der Waals surface area contributed by atoms with Gasteiger partial charge in [0.1, 0.15) is 6.54 Å². The van der Waals surface area contributed by atoms with Crippen LogP contribution in [0.25, 0.3) is 0 Å². The van der Waals surface area contributed by atoms with Crippen LogP contribution in [0.15, 0.2) is 17.1 Å². The average molecular weight is 458 g/mol. The van der Waals surface area contributed by atoms with E-state index >= 15 is 0 Å². The lowest BCUT2D eigenvalue weighted by Gasteiger charge is -2.07. The quantitative estimate of drug-likeness (QED) is 0.184. The molecule has 0 spiro atoms. The largest absolute Gasteiger partial charge is 0.370 e. The van der Waals surface area contributed by atoms with Crippen LogP contribution in [0.5, 0.6) is 0 Å². The third-order valence-corrected chi connectivity index (χ3v) is 3.04. The summed E-state index contributed by atoms with van der Waals surface area (Å²) in [5.41, 5.74) is 5.13. The van der Waals surface area contributed by atoms with Crippen LogP contribution >= 0.6 is 24.0 Å². The highest BCUT2D eigenvalue weighted by atomic mass is 127. The van der Waals surface area contributed by atoms with E-state index in [1.165, 1.54) is 0 Å². The molecule has 0 heterocycles. The normalized spacial score (nSPS) is 10.9. The van der Waals surface area contributed by atoms with E-state index in [2.05, 4.69) is 22.5 Å². The van der Waals surface area contributed by atoms with Crippen LogP contribution in [0.3, 0.4) is 0 Å². The lowest BCUT2D eigenvalue weighted by atomic mass is 10.2. The van der Waals surface area contributed by atoms with Crippen molar-refractivity contribution in [1.82, 2.24) is 5.32 Å². The minimum Gasteiger partial charge on any atom is -0.370 e. The van der Waals surface area contributed by atoms with Gasteiger partial charge in [0.2, 0.25) is 5.91 Å². The Morgan fingerprint density at radius 2 is 1.88 bits per heavy atom. The third-order valence-electron chi connectivity index (χ3n) is 3.04. The molecule has 4 N–H and O–H groups in total. The summed E-state index contributed by atoms with van der Waals surface area (Å²) in [5.74, 6) is -5.01. The van der Waals surface area contributed by atoms with Crippen molar-refractivity contribution in [3.05, 3.63) is 29.6 Å². The summed E-state index contributed by atoms with van der Waals surface area (Å²) in [6.45, 7) is 2.40. The van der Waals surface area contributed by atoms with Crippen molar-refractivity contribution in [3.63, 3.8) is 0 Å². The van der Waals surface area contributed by atoms with Crippen molar-refractivity contribution in [3.8, 4) is 0 Å². The highest BCUT2D eigenvalue weighted by Crippen LogP contribution is 2.19. The predicted octanol–water partition coefficient (Wildman–Crippen LogP) is 3.15. The number of halogens is 4. The van der Waals surface area contributed by atoms with E-state index in [9.17, 15) is 18.0 Å². The minimum absolute atomic E-state index is 0. The van der Waals surface area contributed by atoms with Gasteiger partial charge in [-0.3, -0.25) is 4.79 Å². The first-order chi connectivity index (χ1) is 11.0. The molecule has 1 amide bonds. The van der Waals surface area contributed by atoms with Gasteiger partial charge in [0.25, 0.3) is 0 Å². The maximum absolute atomic E-state index is 13.4. The number of nitrogens with zero attached hydrogens (tertiary/aromatic N) is 1. The van der Waals surface area contributed by atoms with Crippen LogP contribution in [-0.4, -0.2) is 25.0 Å². The van der Waals surface area contributed by atoms with Crippen LogP contribution in [0.1, 0.15) is 32.6 Å². The molecule has 0 bridgehead atoms. The molecule has 24 heavy (non-hydrogen) atoms.